The average molecular weight is 395 g/mol. The highest BCUT2D eigenvalue weighted by Crippen LogP contribution is 2.37. The Morgan fingerprint density at radius 2 is 1.24 bits per heavy atom. The van der Waals surface area contributed by atoms with Crippen molar-refractivity contribution in [2.75, 3.05) is 14.2 Å². The van der Waals surface area contributed by atoms with Crippen LogP contribution in [0.2, 0.25) is 0 Å². The summed E-state index contributed by atoms with van der Waals surface area (Å²) in [4.78, 5) is 2.18. The van der Waals surface area contributed by atoms with E-state index in [1.165, 1.54) is 0 Å². The summed E-state index contributed by atoms with van der Waals surface area (Å²) < 4.78 is 10.6. The second-order valence-electron chi connectivity index (χ2n) is 5.44. The summed E-state index contributed by atoms with van der Waals surface area (Å²) in [5, 5.41) is 1.17. The van der Waals surface area contributed by atoms with E-state index in [1.54, 1.807) is 26.0 Å². The Morgan fingerprint density at radius 3 is 1.56 bits per heavy atom. The standard InChI is InChI=1S/C20H20Cl2O2S/c1-13(21)9-15-11-17(23-3)5-7-19(15)25-20-8-6-18(24-4)12-16(20)10-14(2)22/h5-8,11-12H,1-2,9-10H2,3-4H3. The Labute approximate surface area is 163 Å². The summed E-state index contributed by atoms with van der Waals surface area (Å²) in [6.45, 7) is 7.61. The molecule has 2 nitrogen and oxygen atoms in total. The maximum atomic E-state index is 6.03. The van der Waals surface area contributed by atoms with Crippen LogP contribution < -0.4 is 9.47 Å². The van der Waals surface area contributed by atoms with Gasteiger partial charge in [-0.2, -0.15) is 0 Å². The molecule has 0 fully saturated rings. The molecule has 0 aromatic heterocycles. The molecule has 0 aliphatic heterocycles. The van der Waals surface area contributed by atoms with Crippen molar-refractivity contribution in [1.29, 1.82) is 0 Å². The van der Waals surface area contributed by atoms with E-state index >= 15 is 0 Å². The monoisotopic (exact) mass is 394 g/mol. The number of hydrogen-bond acceptors (Lipinski definition) is 3. The molecule has 2 aromatic carbocycles. The van der Waals surface area contributed by atoms with Crippen molar-refractivity contribution >= 4 is 35.0 Å². The number of allylic oxidation sites excluding steroid dienone is 2. The number of rotatable bonds is 8. The predicted octanol–water partition coefficient (Wildman–Crippen LogP) is 6.45. The largest absolute Gasteiger partial charge is 0.497 e. The number of ether oxygens (including phenoxy) is 2. The van der Waals surface area contributed by atoms with Gasteiger partial charge in [-0.25, -0.2) is 0 Å². The Balaban J connectivity index is 2.41. The van der Waals surface area contributed by atoms with Crippen molar-refractivity contribution in [3.63, 3.8) is 0 Å². The highest BCUT2D eigenvalue weighted by atomic mass is 35.5. The van der Waals surface area contributed by atoms with E-state index in [2.05, 4.69) is 13.2 Å². The van der Waals surface area contributed by atoms with Gasteiger partial charge in [0.15, 0.2) is 0 Å². The Kier molecular flexibility index (Phi) is 7.30. The minimum Gasteiger partial charge on any atom is -0.497 e. The summed E-state index contributed by atoms with van der Waals surface area (Å²) >= 11 is 13.7. The summed E-state index contributed by atoms with van der Waals surface area (Å²) in [5.41, 5.74) is 2.13. The molecule has 132 valence electrons. The van der Waals surface area contributed by atoms with Crippen molar-refractivity contribution in [3.8, 4) is 11.5 Å². The molecule has 0 saturated heterocycles. The van der Waals surface area contributed by atoms with Gasteiger partial charge >= 0.3 is 0 Å². The summed E-state index contributed by atoms with van der Waals surface area (Å²) in [5.74, 6) is 1.59. The first-order valence-corrected chi connectivity index (χ1v) is 9.18. The van der Waals surface area contributed by atoms with Crippen LogP contribution >= 0.6 is 35.0 Å². The zero-order chi connectivity index (χ0) is 18.4. The van der Waals surface area contributed by atoms with Crippen molar-refractivity contribution in [1.82, 2.24) is 0 Å². The van der Waals surface area contributed by atoms with E-state index in [4.69, 9.17) is 32.7 Å². The van der Waals surface area contributed by atoms with Gasteiger partial charge in [0, 0.05) is 32.7 Å². The zero-order valence-corrected chi connectivity index (χ0v) is 16.6. The molecule has 0 atom stereocenters. The van der Waals surface area contributed by atoms with Crippen LogP contribution in [0.1, 0.15) is 11.1 Å². The van der Waals surface area contributed by atoms with E-state index < -0.39 is 0 Å². The molecule has 0 unspecified atom stereocenters. The normalized spacial score (nSPS) is 10.4. The molecule has 0 radical (unpaired) electrons. The third-order valence-corrected chi connectivity index (χ3v) is 5.02. The molecule has 0 saturated carbocycles. The molecule has 0 heterocycles. The van der Waals surface area contributed by atoms with Crippen LogP contribution in [-0.4, -0.2) is 14.2 Å². The lowest BCUT2D eigenvalue weighted by atomic mass is 10.1. The van der Waals surface area contributed by atoms with Gasteiger partial charge < -0.3 is 9.47 Å². The molecule has 5 heteroatoms. The van der Waals surface area contributed by atoms with Gasteiger partial charge in [-0.3, -0.25) is 0 Å². The first-order valence-electron chi connectivity index (χ1n) is 7.61. The third kappa shape index (κ3) is 5.74. The van der Waals surface area contributed by atoms with E-state index in [-0.39, 0.29) is 0 Å². The fraction of sp³-hybridized carbons (Fsp3) is 0.200. The molecular weight excluding hydrogens is 375 g/mol. The van der Waals surface area contributed by atoms with Crippen molar-refractivity contribution in [2.24, 2.45) is 0 Å². The summed E-state index contributed by atoms with van der Waals surface area (Å²) in [6.07, 6.45) is 1.16. The Hall–Kier alpha value is -1.55. The van der Waals surface area contributed by atoms with Crippen LogP contribution in [0.25, 0.3) is 0 Å². The fourth-order valence-corrected chi connectivity index (χ4v) is 3.69. The van der Waals surface area contributed by atoms with Crippen molar-refractivity contribution < 1.29 is 9.47 Å². The molecule has 0 aliphatic carbocycles. The van der Waals surface area contributed by atoms with Gasteiger partial charge in [0.25, 0.3) is 0 Å². The molecule has 0 spiro atoms. The molecule has 2 aromatic rings. The summed E-state index contributed by atoms with van der Waals surface area (Å²) in [6, 6.07) is 11.9. The first kappa shape index (κ1) is 19.8. The van der Waals surface area contributed by atoms with Gasteiger partial charge in [0.05, 0.1) is 14.2 Å². The van der Waals surface area contributed by atoms with Crippen LogP contribution in [0, 0.1) is 0 Å². The van der Waals surface area contributed by atoms with Gasteiger partial charge in [-0.15, -0.1) is 0 Å². The smallest absolute Gasteiger partial charge is 0.119 e. The average Bonchev–Trinajstić information content (AvgIpc) is 2.56. The van der Waals surface area contributed by atoms with E-state index in [9.17, 15) is 0 Å². The molecule has 0 aliphatic rings. The van der Waals surface area contributed by atoms with Gasteiger partial charge in [-0.05, 0) is 47.5 Å². The highest BCUT2D eigenvalue weighted by molar-refractivity contribution is 7.99. The van der Waals surface area contributed by atoms with E-state index in [1.807, 2.05) is 36.4 Å². The van der Waals surface area contributed by atoms with Crippen LogP contribution in [0.5, 0.6) is 11.5 Å². The first-order chi connectivity index (χ1) is 11.9. The molecule has 2 rings (SSSR count). The van der Waals surface area contributed by atoms with Crippen molar-refractivity contribution in [3.05, 3.63) is 70.7 Å². The fourth-order valence-electron chi connectivity index (χ4n) is 2.37. The maximum absolute atomic E-state index is 6.03. The predicted molar refractivity (Wildman–Crippen MR) is 108 cm³/mol. The van der Waals surface area contributed by atoms with Gasteiger partial charge in [0.1, 0.15) is 11.5 Å². The van der Waals surface area contributed by atoms with E-state index in [0.29, 0.717) is 22.9 Å². The zero-order valence-electron chi connectivity index (χ0n) is 14.3. The lowest BCUT2D eigenvalue weighted by molar-refractivity contribution is 0.414. The number of methoxy groups -OCH3 is 2. The second kappa shape index (κ2) is 9.23. The topological polar surface area (TPSA) is 18.5 Å². The SMILES string of the molecule is C=C(Cl)Cc1cc(OC)ccc1Sc1ccc(OC)cc1CC(=C)Cl. The third-order valence-electron chi connectivity index (χ3n) is 3.52. The minimum absolute atomic E-state index is 0.578. The van der Waals surface area contributed by atoms with Crippen LogP contribution in [0.4, 0.5) is 0 Å². The second-order valence-corrected chi connectivity index (χ2v) is 7.59. The van der Waals surface area contributed by atoms with Crippen LogP contribution in [0.3, 0.4) is 0 Å². The Morgan fingerprint density at radius 1 is 0.840 bits per heavy atom. The number of halogens is 2. The van der Waals surface area contributed by atoms with Crippen LogP contribution in [-0.2, 0) is 12.8 Å². The number of hydrogen-bond donors (Lipinski definition) is 0. The maximum Gasteiger partial charge on any atom is 0.119 e. The highest BCUT2D eigenvalue weighted by Gasteiger charge is 2.12. The van der Waals surface area contributed by atoms with Gasteiger partial charge in [0.2, 0.25) is 0 Å². The Bertz CT molecular complexity index is 722. The lowest BCUT2D eigenvalue weighted by Gasteiger charge is -2.14. The molecule has 25 heavy (non-hydrogen) atoms. The van der Waals surface area contributed by atoms with Gasteiger partial charge in [-0.1, -0.05) is 48.1 Å². The molecule has 0 bridgehead atoms. The number of benzene rings is 2. The molecular formula is C20H20Cl2O2S. The molecule has 0 amide bonds. The quantitative estimate of drug-likeness (QED) is 0.512. The summed E-state index contributed by atoms with van der Waals surface area (Å²) in [7, 11) is 3.30. The lowest BCUT2D eigenvalue weighted by Crippen LogP contribution is -1.94. The minimum atomic E-state index is 0.578. The van der Waals surface area contributed by atoms with Crippen molar-refractivity contribution in [2.45, 2.75) is 22.6 Å². The molecule has 0 N–H and O–H groups in total. The van der Waals surface area contributed by atoms with E-state index in [0.717, 1.165) is 32.4 Å². The van der Waals surface area contributed by atoms with Crippen LogP contribution in [0.15, 0.2) is 69.4 Å².